The highest BCUT2D eigenvalue weighted by atomic mass is 35.5. The zero-order valence-electron chi connectivity index (χ0n) is 13.6. The van der Waals surface area contributed by atoms with E-state index in [0.717, 1.165) is 34.3 Å². The van der Waals surface area contributed by atoms with Crippen molar-refractivity contribution >= 4 is 28.5 Å². The fourth-order valence-electron chi connectivity index (χ4n) is 3.22. The van der Waals surface area contributed by atoms with Crippen LogP contribution < -0.4 is 5.32 Å². The van der Waals surface area contributed by atoms with Gasteiger partial charge in [-0.15, -0.1) is 0 Å². The highest BCUT2D eigenvalue weighted by molar-refractivity contribution is 6.31. The predicted octanol–water partition coefficient (Wildman–Crippen LogP) is 4.41. The average Bonchev–Trinajstić information content (AvgIpc) is 3.28. The number of hydrogen-bond donors (Lipinski definition) is 1. The summed E-state index contributed by atoms with van der Waals surface area (Å²) in [6.07, 6.45) is 0.771. The van der Waals surface area contributed by atoms with Crippen LogP contribution in [0.25, 0.3) is 22.1 Å². The Labute approximate surface area is 150 Å². The summed E-state index contributed by atoms with van der Waals surface area (Å²) in [5.74, 6) is 0.671. The molecule has 5 heteroatoms. The van der Waals surface area contributed by atoms with E-state index in [1.165, 1.54) is 0 Å². The van der Waals surface area contributed by atoms with Crippen molar-refractivity contribution in [3.63, 3.8) is 0 Å². The minimum absolute atomic E-state index is 0.00926. The molecular formula is C20H18ClNO3. The molecule has 1 aliphatic rings. The van der Waals surface area contributed by atoms with E-state index in [4.69, 9.17) is 20.8 Å². The minimum atomic E-state index is -0.0704. The number of rotatable bonds is 4. The summed E-state index contributed by atoms with van der Waals surface area (Å²) >= 11 is 6.18. The summed E-state index contributed by atoms with van der Waals surface area (Å²) in [5.41, 5.74) is 2.77. The number of carbonyl (C=O) groups is 1. The molecular weight excluding hydrogens is 338 g/mol. The number of ether oxygens (including phenoxy) is 1. The maximum absolute atomic E-state index is 12.3. The third-order valence-corrected chi connectivity index (χ3v) is 4.74. The van der Waals surface area contributed by atoms with Crippen LogP contribution in [0, 0.1) is 5.92 Å². The van der Waals surface area contributed by atoms with Crippen LogP contribution >= 0.6 is 11.6 Å². The van der Waals surface area contributed by atoms with Crippen LogP contribution in [-0.2, 0) is 16.1 Å². The van der Waals surface area contributed by atoms with Gasteiger partial charge in [0.1, 0.15) is 11.3 Å². The van der Waals surface area contributed by atoms with Crippen molar-refractivity contribution in [3.05, 3.63) is 59.3 Å². The van der Waals surface area contributed by atoms with Gasteiger partial charge < -0.3 is 14.5 Å². The Morgan fingerprint density at radius 2 is 2.04 bits per heavy atom. The lowest BCUT2D eigenvalue weighted by Crippen LogP contribution is -2.30. The first kappa shape index (κ1) is 16.2. The molecule has 2 aromatic carbocycles. The smallest absolute Gasteiger partial charge is 0.225 e. The number of furan rings is 1. The number of carbonyl (C=O) groups excluding carboxylic acids is 1. The second-order valence-electron chi connectivity index (χ2n) is 6.19. The van der Waals surface area contributed by atoms with Crippen LogP contribution in [0.2, 0.25) is 5.02 Å². The van der Waals surface area contributed by atoms with Gasteiger partial charge in [-0.1, -0.05) is 41.9 Å². The molecule has 1 aromatic heterocycles. The van der Waals surface area contributed by atoms with Crippen LogP contribution in [0.4, 0.5) is 0 Å². The predicted molar refractivity (Wildman–Crippen MR) is 97.4 cm³/mol. The number of hydrogen-bond acceptors (Lipinski definition) is 3. The molecule has 0 radical (unpaired) electrons. The van der Waals surface area contributed by atoms with Gasteiger partial charge >= 0.3 is 0 Å². The molecule has 1 fully saturated rings. The van der Waals surface area contributed by atoms with Gasteiger partial charge in [0.25, 0.3) is 0 Å². The molecule has 128 valence electrons. The molecule has 0 aliphatic carbocycles. The fourth-order valence-corrected chi connectivity index (χ4v) is 3.39. The van der Waals surface area contributed by atoms with E-state index < -0.39 is 0 Å². The molecule has 0 saturated carbocycles. The summed E-state index contributed by atoms with van der Waals surface area (Å²) in [4.78, 5) is 12.3. The lowest BCUT2D eigenvalue weighted by Gasteiger charge is -2.09. The number of halogens is 1. The van der Waals surface area contributed by atoms with E-state index in [1.54, 1.807) is 6.07 Å². The normalized spacial score (nSPS) is 17.1. The van der Waals surface area contributed by atoms with E-state index in [2.05, 4.69) is 5.32 Å². The molecule has 1 saturated heterocycles. The van der Waals surface area contributed by atoms with Gasteiger partial charge in [-0.05, 0) is 30.2 Å². The Kier molecular flexibility index (Phi) is 4.47. The topological polar surface area (TPSA) is 51.5 Å². The zero-order chi connectivity index (χ0) is 17.2. The van der Waals surface area contributed by atoms with Crippen LogP contribution in [0.15, 0.2) is 52.9 Å². The lowest BCUT2D eigenvalue weighted by atomic mass is 10.0. The first-order valence-electron chi connectivity index (χ1n) is 8.34. The molecule has 4 rings (SSSR count). The maximum Gasteiger partial charge on any atom is 0.225 e. The van der Waals surface area contributed by atoms with E-state index in [9.17, 15) is 4.79 Å². The molecule has 1 atom stereocenters. The van der Waals surface area contributed by atoms with Crippen LogP contribution in [0.1, 0.15) is 12.2 Å². The van der Waals surface area contributed by atoms with Gasteiger partial charge in [-0.2, -0.15) is 0 Å². The van der Waals surface area contributed by atoms with Crippen molar-refractivity contribution in [3.8, 4) is 11.1 Å². The molecule has 1 amide bonds. The van der Waals surface area contributed by atoms with Crippen LogP contribution in [0.5, 0.6) is 0 Å². The summed E-state index contributed by atoms with van der Waals surface area (Å²) < 4.78 is 11.3. The zero-order valence-corrected chi connectivity index (χ0v) is 14.4. The summed E-state index contributed by atoms with van der Waals surface area (Å²) in [7, 11) is 0. The second kappa shape index (κ2) is 6.90. The summed E-state index contributed by atoms with van der Waals surface area (Å²) in [6, 6.07) is 15.6. The highest BCUT2D eigenvalue weighted by Crippen LogP contribution is 2.36. The van der Waals surface area contributed by atoms with Gasteiger partial charge in [0.05, 0.1) is 19.1 Å². The first-order chi connectivity index (χ1) is 12.2. The Hall–Kier alpha value is -2.30. The lowest BCUT2D eigenvalue weighted by molar-refractivity contribution is -0.125. The van der Waals surface area contributed by atoms with E-state index in [-0.39, 0.29) is 11.8 Å². The third kappa shape index (κ3) is 3.28. The quantitative estimate of drug-likeness (QED) is 0.754. The van der Waals surface area contributed by atoms with Crippen LogP contribution in [0.3, 0.4) is 0 Å². The third-order valence-electron chi connectivity index (χ3n) is 4.51. The molecule has 4 nitrogen and oxygen atoms in total. The molecule has 3 aromatic rings. The van der Waals surface area contributed by atoms with E-state index in [1.807, 2.05) is 42.5 Å². The SMILES string of the molecule is O=C(NCc1oc2ccc(Cl)cc2c1-c1ccccc1)[C@H]1CCOC1. The Bertz CT molecular complexity index is 898. The van der Waals surface area contributed by atoms with Crippen molar-refractivity contribution in [1.29, 1.82) is 0 Å². The van der Waals surface area contributed by atoms with Crippen molar-refractivity contribution in [1.82, 2.24) is 5.32 Å². The molecule has 0 unspecified atom stereocenters. The standard InChI is InChI=1S/C20H18ClNO3/c21-15-6-7-17-16(10-15)19(13-4-2-1-3-5-13)18(25-17)11-22-20(23)14-8-9-24-12-14/h1-7,10,14H,8-9,11-12H2,(H,22,23)/t14-/m0/s1. The molecule has 0 spiro atoms. The van der Waals surface area contributed by atoms with E-state index >= 15 is 0 Å². The van der Waals surface area contributed by atoms with Crippen molar-refractivity contribution < 1.29 is 13.9 Å². The largest absolute Gasteiger partial charge is 0.459 e. The summed E-state index contributed by atoms with van der Waals surface area (Å²) in [6.45, 7) is 1.48. The maximum atomic E-state index is 12.3. The van der Waals surface area contributed by atoms with Gasteiger partial charge in [0.2, 0.25) is 5.91 Å². The van der Waals surface area contributed by atoms with Crippen molar-refractivity contribution in [2.24, 2.45) is 5.92 Å². The van der Waals surface area contributed by atoms with Crippen molar-refractivity contribution in [2.75, 3.05) is 13.2 Å². The Morgan fingerprint density at radius 3 is 2.80 bits per heavy atom. The first-order valence-corrected chi connectivity index (χ1v) is 8.72. The molecule has 1 N–H and O–H groups in total. The molecule has 25 heavy (non-hydrogen) atoms. The molecule has 2 heterocycles. The number of benzene rings is 2. The molecule has 1 aliphatic heterocycles. The Balaban J connectivity index is 1.69. The minimum Gasteiger partial charge on any atom is -0.459 e. The van der Waals surface area contributed by atoms with Gasteiger partial charge in [0.15, 0.2) is 0 Å². The monoisotopic (exact) mass is 355 g/mol. The van der Waals surface area contributed by atoms with Crippen molar-refractivity contribution in [2.45, 2.75) is 13.0 Å². The number of fused-ring (bicyclic) bond motifs is 1. The van der Waals surface area contributed by atoms with Gasteiger partial charge in [0, 0.05) is 22.6 Å². The van der Waals surface area contributed by atoms with Gasteiger partial charge in [-0.25, -0.2) is 0 Å². The number of amides is 1. The molecule has 0 bridgehead atoms. The van der Waals surface area contributed by atoms with Crippen LogP contribution in [-0.4, -0.2) is 19.1 Å². The Morgan fingerprint density at radius 1 is 1.20 bits per heavy atom. The highest BCUT2D eigenvalue weighted by Gasteiger charge is 2.24. The summed E-state index contributed by atoms with van der Waals surface area (Å²) in [5, 5.41) is 4.59. The van der Waals surface area contributed by atoms with Gasteiger partial charge in [-0.3, -0.25) is 4.79 Å². The second-order valence-corrected chi connectivity index (χ2v) is 6.62. The average molecular weight is 356 g/mol. The fraction of sp³-hybridized carbons (Fsp3) is 0.250. The number of nitrogens with one attached hydrogen (secondary N) is 1. The van der Waals surface area contributed by atoms with E-state index in [0.29, 0.717) is 24.8 Å².